The molecular formula is C44H64N2O7. The van der Waals surface area contributed by atoms with Crippen LogP contribution in [-0.2, 0) is 9.53 Å². The Morgan fingerprint density at radius 3 is 2.58 bits per heavy atom. The second kappa shape index (κ2) is 13.6. The first kappa shape index (κ1) is 37.9. The number of ketones is 1. The average molecular weight is 733 g/mol. The summed E-state index contributed by atoms with van der Waals surface area (Å²) in [5.74, 6) is 7.21. The first-order valence-electron chi connectivity index (χ1n) is 21.0. The Hall–Kier alpha value is -2.03. The van der Waals surface area contributed by atoms with E-state index in [1.54, 1.807) is 13.0 Å². The maximum atomic E-state index is 14.8. The Bertz CT molecular complexity index is 1610. The Labute approximate surface area is 315 Å². The van der Waals surface area contributed by atoms with Crippen molar-refractivity contribution in [1.82, 2.24) is 5.32 Å². The van der Waals surface area contributed by atoms with Gasteiger partial charge in [-0.3, -0.25) is 4.79 Å². The lowest BCUT2D eigenvalue weighted by molar-refractivity contribution is -0.209. The fourth-order valence-corrected chi connectivity index (χ4v) is 14.0. The van der Waals surface area contributed by atoms with Crippen LogP contribution in [0.4, 0.5) is 0 Å². The van der Waals surface area contributed by atoms with Gasteiger partial charge >= 0.3 is 0 Å². The lowest BCUT2D eigenvalue weighted by atomic mass is 9.38. The maximum Gasteiger partial charge on any atom is 0.163 e. The molecule has 9 rings (SSSR count). The van der Waals surface area contributed by atoms with Gasteiger partial charge < -0.3 is 41.3 Å². The molecule has 5 fully saturated rings. The highest BCUT2D eigenvalue weighted by molar-refractivity contribution is 5.98. The molecule has 8 N–H and O–H groups in total. The van der Waals surface area contributed by atoms with Gasteiger partial charge in [0.25, 0.3) is 0 Å². The summed E-state index contributed by atoms with van der Waals surface area (Å²) in [6.07, 6.45) is 14.8. The van der Waals surface area contributed by atoms with Crippen LogP contribution >= 0.6 is 0 Å². The average Bonchev–Trinajstić information content (AvgIpc) is 3.53. The highest BCUT2D eigenvalue weighted by atomic mass is 16.5. The third-order valence-electron chi connectivity index (χ3n) is 16.8. The predicted molar refractivity (Wildman–Crippen MR) is 201 cm³/mol. The number of hydrogen-bond donors (Lipinski definition) is 7. The zero-order valence-electron chi connectivity index (χ0n) is 32.1. The molecule has 4 saturated carbocycles. The number of rotatable bonds is 8. The lowest BCUT2D eigenvalue weighted by Crippen LogP contribution is -2.68. The second-order valence-electron chi connectivity index (χ2n) is 19.1. The zero-order valence-corrected chi connectivity index (χ0v) is 32.1. The molecule has 9 heteroatoms. The molecular weight excluding hydrogens is 668 g/mol. The van der Waals surface area contributed by atoms with Crippen LogP contribution in [0.1, 0.15) is 124 Å². The van der Waals surface area contributed by atoms with Gasteiger partial charge in [0.15, 0.2) is 5.78 Å². The van der Waals surface area contributed by atoms with Crippen molar-refractivity contribution in [3.8, 4) is 11.8 Å². The van der Waals surface area contributed by atoms with Crippen molar-refractivity contribution in [2.45, 2.75) is 171 Å². The first-order valence-corrected chi connectivity index (χ1v) is 21.0. The number of nitrogens with two attached hydrogens (primary N) is 1. The number of aliphatic hydroxyl groups is 5. The zero-order chi connectivity index (χ0) is 37.6. The summed E-state index contributed by atoms with van der Waals surface area (Å²) < 4.78 is 6.73. The molecule has 0 amide bonds. The van der Waals surface area contributed by atoms with E-state index in [2.05, 4.69) is 31.0 Å². The van der Waals surface area contributed by atoms with Crippen molar-refractivity contribution in [2.24, 2.45) is 51.6 Å². The van der Waals surface area contributed by atoms with Crippen LogP contribution in [0.3, 0.4) is 0 Å². The van der Waals surface area contributed by atoms with E-state index in [1.165, 1.54) is 19.3 Å². The predicted octanol–water partition coefficient (Wildman–Crippen LogP) is 4.55. The van der Waals surface area contributed by atoms with E-state index in [9.17, 15) is 30.3 Å². The number of allylic oxidation sites excluding steroid dienone is 3. The van der Waals surface area contributed by atoms with Gasteiger partial charge in [-0.25, -0.2) is 0 Å². The lowest BCUT2D eigenvalue weighted by Gasteiger charge is -2.66. The number of dihydropyridines is 1. The summed E-state index contributed by atoms with van der Waals surface area (Å²) in [4.78, 5) is 14.8. The summed E-state index contributed by atoms with van der Waals surface area (Å²) in [6, 6.07) is 0. The molecule has 16 atom stereocenters. The summed E-state index contributed by atoms with van der Waals surface area (Å²) in [5.41, 5.74) is 2.18. The molecule has 2 aliphatic heterocycles. The number of fused-ring (bicyclic) bond motifs is 5. The standard InChI is InChI=1S/C44H64N2O7/c1-4-7-27-8-11-29-26(2)38(53-34(29)12-9-27)39(50)40(3,51)35-16-21-44(52)31-22-36(49)43-18-6-5-17-41(35,44)20-15-30(31)42(43,23-32(47)33(48)24-43)19-14-28-10-13-37(45)46-25-28/h10,13,22,25-27,29-30,32-35,37-39,46-48,50-52H,4,7-9,11-12,14-21,23-24,45H2,1-3H3/t26-,27+,29-,30-,32-,33+,34+,35+,37?,38+,39+,40+,41+,42+,43-,44+/m0/s1. The van der Waals surface area contributed by atoms with E-state index in [-0.39, 0.29) is 49.2 Å². The summed E-state index contributed by atoms with van der Waals surface area (Å²) in [7, 11) is 0. The molecule has 0 aromatic heterocycles. The Morgan fingerprint density at radius 2 is 1.83 bits per heavy atom. The van der Waals surface area contributed by atoms with Crippen molar-refractivity contribution in [3.05, 3.63) is 35.6 Å². The van der Waals surface area contributed by atoms with Crippen LogP contribution in [0.15, 0.2) is 35.6 Å². The minimum Gasteiger partial charge on any atom is -0.390 e. The van der Waals surface area contributed by atoms with Crippen LogP contribution in [0.25, 0.3) is 0 Å². The molecule has 9 nitrogen and oxygen atoms in total. The molecule has 1 unspecified atom stereocenters. The number of hydrogen-bond acceptors (Lipinski definition) is 9. The minimum absolute atomic E-state index is 0.0857. The van der Waals surface area contributed by atoms with Gasteiger partial charge in [-0.15, -0.1) is 11.8 Å². The Balaban J connectivity index is 1.13. The van der Waals surface area contributed by atoms with E-state index in [4.69, 9.17) is 10.5 Å². The van der Waals surface area contributed by atoms with E-state index in [0.29, 0.717) is 56.4 Å². The molecule has 2 spiro atoms. The second-order valence-corrected chi connectivity index (χ2v) is 19.1. The van der Waals surface area contributed by atoms with E-state index < -0.39 is 57.8 Å². The van der Waals surface area contributed by atoms with Gasteiger partial charge in [0.1, 0.15) is 6.10 Å². The van der Waals surface area contributed by atoms with Crippen LogP contribution in [0.5, 0.6) is 0 Å². The third-order valence-corrected chi connectivity index (χ3v) is 16.8. The third kappa shape index (κ3) is 5.55. The monoisotopic (exact) mass is 732 g/mol. The SMILES string of the molecule is CCC[C@@H]1CC[C@H]2[C@H](C)[C@H]([C@@H](O)[C@](C)(O)[C@H]3CC[C@@]4(O)C5=CC(=O)[C@@]67CC#CC[C@@]34CC[C@@H]5[C@@]6(CCC3=CNC(N)C=C3)C[C@H](O)[C@H](O)C7)O[C@@H]2CC1. The molecule has 7 aliphatic carbocycles. The van der Waals surface area contributed by atoms with Crippen LogP contribution in [0.2, 0.25) is 0 Å². The van der Waals surface area contributed by atoms with Crippen molar-refractivity contribution in [2.75, 3.05) is 0 Å². The highest BCUT2D eigenvalue weighted by Gasteiger charge is 2.74. The molecule has 53 heavy (non-hydrogen) atoms. The summed E-state index contributed by atoms with van der Waals surface area (Å²) >= 11 is 0. The van der Waals surface area contributed by atoms with Crippen molar-refractivity contribution in [3.63, 3.8) is 0 Å². The fourth-order valence-electron chi connectivity index (χ4n) is 14.0. The Kier molecular flexibility index (Phi) is 9.70. The summed E-state index contributed by atoms with van der Waals surface area (Å²) in [6.45, 7) is 6.18. The molecule has 1 saturated heterocycles. The van der Waals surface area contributed by atoms with Crippen molar-refractivity contribution >= 4 is 5.78 Å². The normalized spacial score (nSPS) is 48.9. The smallest absolute Gasteiger partial charge is 0.163 e. The number of nitrogens with one attached hydrogen (secondary N) is 1. The van der Waals surface area contributed by atoms with Crippen molar-refractivity contribution < 1.29 is 35.1 Å². The van der Waals surface area contributed by atoms with Gasteiger partial charge in [0.2, 0.25) is 0 Å². The first-order chi connectivity index (χ1) is 25.2. The molecule has 4 bridgehead atoms. The molecule has 0 aromatic rings. The maximum absolute atomic E-state index is 14.8. The van der Waals surface area contributed by atoms with Gasteiger partial charge in [-0.05, 0) is 136 Å². The Morgan fingerprint density at radius 1 is 1.08 bits per heavy atom. The van der Waals surface area contributed by atoms with Crippen molar-refractivity contribution in [1.29, 1.82) is 0 Å². The van der Waals surface area contributed by atoms with Crippen LogP contribution < -0.4 is 11.1 Å². The van der Waals surface area contributed by atoms with Crippen LogP contribution in [0, 0.1) is 57.7 Å². The molecule has 2 heterocycles. The van der Waals surface area contributed by atoms with E-state index >= 15 is 0 Å². The fraction of sp³-hybridized carbons (Fsp3) is 0.795. The molecule has 0 radical (unpaired) electrons. The number of ether oxygens (including phenoxy) is 1. The van der Waals surface area contributed by atoms with Crippen LogP contribution in [-0.4, -0.2) is 79.2 Å². The number of aliphatic hydroxyl groups excluding tert-OH is 3. The largest absolute Gasteiger partial charge is 0.390 e. The van der Waals surface area contributed by atoms with E-state index in [1.807, 2.05) is 18.4 Å². The van der Waals surface area contributed by atoms with Gasteiger partial charge in [-0.1, -0.05) is 39.2 Å². The molecule has 292 valence electrons. The highest BCUT2D eigenvalue weighted by Crippen LogP contribution is 2.73. The molecule has 0 aromatic carbocycles. The topological polar surface area (TPSA) is 165 Å². The number of carbonyl (C=O) groups excluding carboxylic acids is 1. The quantitative estimate of drug-likeness (QED) is 0.177. The van der Waals surface area contributed by atoms with Gasteiger partial charge in [0, 0.05) is 24.5 Å². The molecule has 9 aliphatic rings. The minimum atomic E-state index is -1.57. The summed E-state index contributed by atoms with van der Waals surface area (Å²) in [5, 5.41) is 64.0. The van der Waals surface area contributed by atoms with Gasteiger partial charge in [-0.2, -0.15) is 0 Å². The van der Waals surface area contributed by atoms with Gasteiger partial charge in [0.05, 0.1) is 47.2 Å². The van der Waals surface area contributed by atoms with E-state index in [0.717, 1.165) is 30.8 Å². The number of carbonyl (C=O) groups is 1.